The predicted octanol–water partition coefficient (Wildman–Crippen LogP) is 0.867. The maximum Gasteiger partial charge on any atom is 0.500 e. The van der Waals surface area contributed by atoms with Crippen LogP contribution in [0.25, 0.3) is 0 Å². The van der Waals surface area contributed by atoms with Gasteiger partial charge in [0.15, 0.2) is 0 Å². The molecule has 0 bridgehead atoms. The first-order valence-electron chi connectivity index (χ1n) is 9.66. The molecule has 184 valence electrons. The minimum atomic E-state index is -2.48. The normalized spacial score (nSPS) is 13.2. The molecule has 14 heteroatoms. The van der Waals surface area contributed by atoms with Crippen LogP contribution in [0.3, 0.4) is 0 Å². The molecule has 30 heavy (non-hydrogen) atoms. The third kappa shape index (κ3) is 11.9. The Kier molecular flexibility index (Phi) is 19.5. The fourth-order valence-corrected chi connectivity index (χ4v) is 11.2. The van der Waals surface area contributed by atoms with E-state index in [1.54, 1.807) is 71.1 Å². The van der Waals surface area contributed by atoms with Crippen LogP contribution in [0.5, 0.6) is 0 Å². The summed E-state index contributed by atoms with van der Waals surface area (Å²) in [6.45, 7) is 2.01. The van der Waals surface area contributed by atoms with Crippen LogP contribution in [0.2, 0.25) is 30.7 Å². The van der Waals surface area contributed by atoms with Gasteiger partial charge in [-0.25, -0.2) is 0 Å². The van der Waals surface area contributed by atoms with Crippen LogP contribution in [-0.2, 0) is 45.2 Å². The van der Waals surface area contributed by atoms with Gasteiger partial charge in [0.25, 0.3) is 0 Å². The van der Waals surface area contributed by atoms with Crippen LogP contribution in [0.15, 0.2) is 0 Å². The fourth-order valence-electron chi connectivity index (χ4n) is 2.60. The summed E-state index contributed by atoms with van der Waals surface area (Å²) in [6, 6.07) is 3.49. The molecule has 0 saturated heterocycles. The molecular formula is C16H44O10Si4. The summed E-state index contributed by atoms with van der Waals surface area (Å²) in [5, 5.41) is 0. The summed E-state index contributed by atoms with van der Waals surface area (Å²) >= 11 is 0. The molecule has 0 atom stereocenters. The Hall–Kier alpha value is 0.468. The van der Waals surface area contributed by atoms with Crippen molar-refractivity contribution in [3.05, 3.63) is 0 Å². The van der Waals surface area contributed by atoms with E-state index in [0.29, 0.717) is 6.04 Å². The monoisotopic (exact) mass is 508 g/mol. The summed E-state index contributed by atoms with van der Waals surface area (Å²) in [7, 11) is 9.72. The van der Waals surface area contributed by atoms with Gasteiger partial charge >= 0.3 is 26.6 Å². The zero-order valence-electron chi connectivity index (χ0n) is 20.7. The third-order valence-electron chi connectivity index (χ3n) is 5.06. The van der Waals surface area contributed by atoms with Gasteiger partial charge in [-0.15, -0.1) is 0 Å². The molecule has 0 amide bonds. The minimum absolute atomic E-state index is 0.635. The molecule has 0 N–H and O–H groups in total. The average Bonchev–Trinajstić information content (AvgIpc) is 2.81. The average molecular weight is 509 g/mol. The predicted molar refractivity (Wildman–Crippen MR) is 125 cm³/mol. The van der Waals surface area contributed by atoms with Crippen molar-refractivity contribution in [1.82, 2.24) is 0 Å². The van der Waals surface area contributed by atoms with E-state index in [-0.39, 0.29) is 0 Å². The zero-order valence-corrected chi connectivity index (χ0v) is 25.3. The summed E-state index contributed by atoms with van der Waals surface area (Å²) in [5.74, 6) is 0. The number of methoxy groups -OCH3 is 3. The highest BCUT2D eigenvalue weighted by Gasteiger charge is 2.42. The Morgan fingerprint density at radius 3 is 1.40 bits per heavy atom. The lowest BCUT2D eigenvalue weighted by Crippen LogP contribution is -2.46. The molecule has 0 heterocycles. The second kappa shape index (κ2) is 18.0. The highest BCUT2D eigenvalue weighted by Crippen LogP contribution is 2.22. The molecule has 0 aromatic heterocycles. The highest BCUT2D eigenvalue weighted by atomic mass is 28.4. The van der Waals surface area contributed by atoms with Crippen molar-refractivity contribution in [2.24, 2.45) is 0 Å². The van der Waals surface area contributed by atoms with Gasteiger partial charge in [0, 0.05) is 77.1 Å². The zero-order chi connectivity index (χ0) is 23.7. The molecule has 0 radical (unpaired) electrons. The van der Waals surface area contributed by atoms with Crippen molar-refractivity contribution in [2.75, 3.05) is 71.1 Å². The summed E-state index contributed by atoms with van der Waals surface area (Å²) < 4.78 is 52.9. The number of ether oxygens (including phenoxy) is 3. The van der Waals surface area contributed by atoms with Gasteiger partial charge < -0.3 is 45.2 Å². The van der Waals surface area contributed by atoms with E-state index >= 15 is 0 Å². The molecule has 0 aliphatic heterocycles. The van der Waals surface area contributed by atoms with Gasteiger partial charge in [0.2, 0.25) is 5.60 Å². The Bertz CT molecular complexity index is 376. The first kappa shape index (κ1) is 32.6. The Morgan fingerprint density at radius 2 is 1.10 bits per heavy atom. The van der Waals surface area contributed by atoms with Gasteiger partial charge in [-0.05, 0) is 18.6 Å². The van der Waals surface area contributed by atoms with E-state index in [0.717, 1.165) is 18.1 Å². The Labute approximate surface area is 189 Å². The van der Waals surface area contributed by atoms with Gasteiger partial charge in [-0.1, -0.05) is 6.04 Å². The van der Waals surface area contributed by atoms with Crippen molar-refractivity contribution in [3.8, 4) is 0 Å². The summed E-state index contributed by atoms with van der Waals surface area (Å²) in [6.07, 6.45) is 0. The Balaban J connectivity index is 0. The smallest absolute Gasteiger partial charge is 0.400 e. The molecular weight excluding hydrogens is 465 g/mol. The topological polar surface area (TPSA) is 92.3 Å². The second-order valence-corrected chi connectivity index (χ2v) is 17.6. The van der Waals surface area contributed by atoms with Gasteiger partial charge in [0.05, 0.1) is 0 Å². The largest absolute Gasteiger partial charge is 0.500 e. The lowest BCUT2D eigenvalue weighted by molar-refractivity contribution is -0.294. The molecule has 0 unspecified atom stereocenters. The minimum Gasteiger partial charge on any atom is -0.400 e. The van der Waals surface area contributed by atoms with Crippen LogP contribution in [0, 0.1) is 0 Å². The van der Waals surface area contributed by atoms with Crippen molar-refractivity contribution in [1.29, 1.82) is 0 Å². The van der Waals surface area contributed by atoms with E-state index in [1.807, 2.05) is 6.55 Å². The number of rotatable bonds is 17. The third-order valence-corrected chi connectivity index (χ3v) is 16.2. The molecule has 10 nitrogen and oxygen atoms in total. The first-order chi connectivity index (χ1) is 14.2. The van der Waals surface area contributed by atoms with Gasteiger partial charge in [0.1, 0.15) is 9.52 Å². The van der Waals surface area contributed by atoms with E-state index in [1.165, 1.54) is 0 Å². The number of hydrogen-bond donors (Lipinski definition) is 0. The highest BCUT2D eigenvalue weighted by molar-refractivity contribution is 6.69. The molecule has 0 spiro atoms. The molecule has 0 aliphatic carbocycles. The molecule has 0 saturated carbocycles. The van der Waals surface area contributed by atoms with Gasteiger partial charge in [-0.3, -0.25) is 0 Å². The van der Waals surface area contributed by atoms with Crippen LogP contribution < -0.4 is 0 Å². The summed E-state index contributed by atoms with van der Waals surface area (Å²) in [4.78, 5) is 0. The molecule has 0 aliphatic rings. The van der Waals surface area contributed by atoms with Gasteiger partial charge in [-0.2, -0.15) is 0 Å². The SMILES string of the molecule is CO[SiH](CC[SiH2]C(OC)(OC)OC)OC.CO[Si](C)(CC[Si](OC)(OC)OC)OC. The fraction of sp³-hybridized carbons (Fsp3) is 1.00. The van der Waals surface area contributed by atoms with Crippen molar-refractivity contribution in [2.45, 2.75) is 36.3 Å². The lowest BCUT2D eigenvalue weighted by atomic mass is 10.9. The second-order valence-electron chi connectivity index (χ2n) is 6.43. The van der Waals surface area contributed by atoms with Crippen molar-refractivity contribution >= 4 is 36.2 Å². The molecule has 0 aromatic carbocycles. The molecule has 0 rings (SSSR count). The van der Waals surface area contributed by atoms with Crippen LogP contribution in [0.1, 0.15) is 0 Å². The first-order valence-corrected chi connectivity index (χ1v) is 17.6. The van der Waals surface area contributed by atoms with E-state index in [2.05, 4.69) is 0 Å². The quantitative estimate of drug-likeness (QED) is 0.208. The lowest BCUT2D eigenvalue weighted by Gasteiger charge is -2.29. The maximum atomic E-state index is 5.39. The molecule has 0 fully saturated rings. The maximum absolute atomic E-state index is 5.39. The Morgan fingerprint density at radius 1 is 0.667 bits per heavy atom. The van der Waals surface area contributed by atoms with Crippen molar-refractivity contribution < 1.29 is 45.2 Å². The van der Waals surface area contributed by atoms with Crippen molar-refractivity contribution in [3.63, 3.8) is 0 Å². The van der Waals surface area contributed by atoms with E-state index in [4.69, 9.17) is 45.2 Å². The van der Waals surface area contributed by atoms with Crippen LogP contribution in [0.4, 0.5) is 0 Å². The standard InChI is InChI=1S/2C8H22O5Si2/c1-9-14(6,10-2)7-8-15(11-3,12-4)13-5;1-9-8(10-2,11-3)14-6-7-15(12-4)13-5/h7-8H2,1-6H3;15H,6-7,14H2,1-5H3. The summed E-state index contributed by atoms with van der Waals surface area (Å²) in [5.41, 5.74) is -0.791. The number of hydrogen-bond acceptors (Lipinski definition) is 10. The van der Waals surface area contributed by atoms with Crippen LogP contribution >= 0.6 is 0 Å². The van der Waals surface area contributed by atoms with E-state index in [9.17, 15) is 0 Å². The van der Waals surface area contributed by atoms with Crippen LogP contribution in [-0.4, -0.2) is 113 Å². The molecule has 0 aromatic rings. The van der Waals surface area contributed by atoms with E-state index < -0.39 is 41.8 Å².